The fourth-order valence-electron chi connectivity index (χ4n) is 2.48. The number of carbonyl (C=O) groups excluding carboxylic acids is 1. The third-order valence-corrected chi connectivity index (χ3v) is 3.76. The molecule has 1 saturated carbocycles. The van der Waals surface area contributed by atoms with Crippen LogP contribution in [0.4, 0.5) is 8.78 Å². The molecule has 0 saturated heterocycles. The van der Waals surface area contributed by atoms with Crippen LogP contribution in [0.1, 0.15) is 31.7 Å². The summed E-state index contributed by atoms with van der Waals surface area (Å²) in [4.78, 5) is 12.0. The highest BCUT2D eigenvalue weighted by Crippen LogP contribution is 2.48. The molecule has 1 aromatic carbocycles. The predicted molar refractivity (Wildman–Crippen MR) is 81.9 cm³/mol. The molecule has 0 aliphatic heterocycles. The lowest BCUT2D eigenvalue weighted by molar-refractivity contribution is -0.123. The van der Waals surface area contributed by atoms with Crippen LogP contribution in [0.2, 0.25) is 0 Å². The number of ether oxygens (including phenoxy) is 1. The van der Waals surface area contributed by atoms with Gasteiger partial charge in [0.25, 0.3) is 0 Å². The fourth-order valence-corrected chi connectivity index (χ4v) is 2.48. The van der Waals surface area contributed by atoms with Gasteiger partial charge in [-0.2, -0.15) is 0 Å². The van der Waals surface area contributed by atoms with Gasteiger partial charge in [-0.25, -0.2) is 8.78 Å². The summed E-state index contributed by atoms with van der Waals surface area (Å²) in [6.45, 7) is 4.84. The summed E-state index contributed by atoms with van der Waals surface area (Å²) in [5, 5.41) is 12.4. The first-order valence-corrected chi connectivity index (χ1v) is 7.87. The van der Waals surface area contributed by atoms with E-state index >= 15 is 0 Å². The summed E-state index contributed by atoms with van der Waals surface area (Å²) in [6, 6.07) is 3.41. The average molecular weight is 327 g/mol. The lowest BCUT2D eigenvalue weighted by Crippen LogP contribution is -2.35. The summed E-state index contributed by atoms with van der Waals surface area (Å²) in [5.41, 5.74) is 0.368. The minimum Gasteiger partial charge on any atom is -0.389 e. The maximum absolute atomic E-state index is 13.7. The van der Waals surface area contributed by atoms with Crippen molar-refractivity contribution in [2.24, 2.45) is 11.8 Å². The van der Waals surface area contributed by atoms with E-state index in [1.54, 1.807) is 0 Å². The van der Waals surface area contributed by atoms with E-state index in [0.717, 1.165) is 6.07 Å². The molecule has 3 atom stereocenters. The van der Waals surface area contributed by atoms with Crippen molar-refractivity contribution in [2.75, 3.05) is 19.8 Å². The lowest BCUT2D eigenvalue weighted by atomic mass is 10.1. The molecule has 0 radical (unpaired) electrons. The standard InChI is InChI=1S/C17H23F2NO3/c1-10(2)8-23-9-12(21)7-20-17(22)15-6-14(15)13-4-3-11(18)5-16(13)19/h3-5,10,12,14-15,21H,6-9H2,1-2H3,(H,20,22). The van der Waals surface area contributed by atoms with Gasteiger partial charge in [-0.05, 0) is 29.9 Å². The monoisotopic (exact) mass is 327 g/mol. The molecular weight excluding hydrogens is 304 g/mol. The quantitative estimate of drug-likeness (QED) is 0.770. The Balaban J connectivity index is 1.73. The molecule has 1 aliphatic carbocycles. The molecule has 4 nitrogen and oxygen atoms in total. The summed E-state index contributed by atoms with van der Waals surface area (Å²) >= 11 is 0. The Morgan fingerprint density at radius 2 is 2.13 bits per heavy atom. The highest BCUT2D eigenvalue weighted by molar-refractivity contribution is 5.82. The van der Waals surface area contributed by atoms with E-state index in [0.29, 0.717) is 24.5 Å². The second-order valence-corrected chi connectivity index (χ2v) is 6.44. The van der Waals surface area contributed by atoms with E-state index < -0.39 is 17.7 Å². The molecule has 1 fully saturated rings. The molecule has 0 spiro atoms. The van der Waals surface area contributed by atoms with E-state index in [9.17, 15) is 18.7 Å². The van der Waals surface area contributed by atoms with Crippen LogP contribution in [0.3, 0.4) is 0 Å². The molecular formula is C17H23F2NO3. The highest BCUT2D eigenvalue weighted by atomic mass is 19.1. The van der Waals surface area contributed by atoms with Crippen molar-refractivity contribution in [1.82, 2.24) is 5.32 Å². The molecule has 0 heterocycles. The Bertz CT molecular complexity index is 551. The van der Waals surface area contributed by atoms with Crippen molar-refractivity contribution < 1.29 is 23.4 Å². The zero-order valence-electron chi connectivity index (χ0n) is 13.4. The van der Waals surface area contributed by atoms with E-state index in [-0.39, 0.29) is 30.9 Å². The molecule has 2 N–H and O–H groups in total. The largest absolute Gasteiger partial charge is 0.389 e. The van der Waals surface area contributed by atoms with Crippen LogP contribution in [0, 0.1) is 23.5 Å². The summed E-state index contributed by atoms with van der Waals surface area (Å²) in [5.74, 6) is -1.62. The molecule has 1 aliphatic rings. The SMILES string of the molecule is CC(C)COCC(O)CNC(=O)C1CC1c1ccc(F)cc1F. The van der Waals surface area contributed by atoms with Gasteiger partial charge in [0.2, 0.25) is 5.91 Å². The average Bonchev–Trinajstić information content (AvgIpc) is 3.24. The van der Waals surface area contributed by atoms with Crippen LogP contribution in [-0.2, 0) is 9.53 Å². The summed E-state index contributed by atoms with van der Waals surface area (Å²) < 4.78 is 31.9. The topological polar surface area (TPSA) is 58.6 Å². The Labute approximate surface area is 134 Å². The van der Waals surface area contributed by atoms with E-state index in [2.05, 4.69) is 5.32 Å². The number of halogens is 2. The summed E-state index contributed by atoms with van der Waals surface area (Å²) in [7, 11) is 0. The molecule has 0 aromatic heterocycles. The van der Waals surface area contributed by atoms with Gasteiger partial charge in [-0.1, -0.05) is 19.9 Å². The third-order valence-electron chi connectivity index (χ3n) is 3.76. The molecule has 1 aromatic rings. The normalized spacial score (nSPS) is 21.3. The van der Waals surface area contributed by atoms with Crippen molar-refractivity contribution in [3.63, 3.8) is 0 Å². The predicted octanol–water partition coefficient (Wildman–Crippen LogP) is 2.22. The number of hydrogen-bond acceptors (Lipinski definition) is 3. The zero-order valence-corrected chi connectivity index (χ0v) is 13.4. The number of hydrogen-bond donors (Lipinski definition) is 2. The molecule has 3 unspecified atom stereocenters. The first-order chi connectivity index (χ1) is 10.9. The van der Waals surface area contributed by atoms with Crippen molar-refractivity contribution in [3.8, 4) is 0 Å². The molecule has 0 bridgehead atoms. The summed E-state index contributed by atoms with van der Waals surface area (Å²) in [6.07, 6.45) is -0.230. The Morgan fingerprint density at radius 1 is 1.39 bits per heavy atom. The fraction of sp³-hybridized carbons (Fsp3) is 0.588. The Hall–Kier alpha value is -1.53. The Morgan fingerprint density at radius 3 is 2.78 bits per heavy atom. The molecule has 6 heteroatoms. The first-order valence-electron chi connectivity index (χ1n) is 7.87. The van der Waals surface area contributed by atoms with Crippen LogP contribution in [-0.4, -0.2) is 36.9 Å². The number of nitrogens with one attached hydrogen (secondary N) is 1. The van der Waals surface area contributed by atoms with Crippen molar-refractivity contribution >= 4 is 5.91 Å². The van der Waals surface area contributed by atoms with Crippen molar-refractivity contribution in [1.29, 1.82) is 0 Å². The van der Waals surface area contributed by atoms with Crippen LogP contribution in [0.5, 0.6) is 0 Å². The van der Waals surface area contributed by atoms with Gasteiger partial charge in [0.15, 0.2) is 0 Å². The van der Waals surface area contributed by atoms with Crippen molar-refractivity contribution in [3.05, 3.63) is 35.4 Å². The molecule has 128 valence electrons. The molecule has 1 amide bonds. The van der Waals surface area contributed by atoms with Gasteiger partial charge in [0.05, 0.1) is 12.7 Å². The second-order valence-electron chi connectivity index (χ2n) is 6.44. The third kappa shape index (κ3) is 5.25. The van der Waals surface area contributed by atoms with E-state index in [4.69, 9.17) is 4.74 Å². The van der Waals surface area contributed by atoms with Gasteiger partial charge < -0.3 is 15.2 Å². The number of benzene rings is 1. The molecule has 23 heavy (non-hydrogen) atoms. The Kier molecular flexibility index (Phi) is 6.07. The zero-order chi connectivity index (χ0) is 17.0. The minimum absolute atomic E-state index is 0.103. The minimum atomic E-state index is -0.766. The van der Waals surface area contributed by atoms with Gasteiger partial charge in [0.1, 0.15) is 11.6 Å². The number of amides is 1. The van der Waals surface area contributed by atoms with Crippen LogP contribution < -0.4 is 5.32 Å². The van der Waals surface area contributed by atoms with E-state index in [1.807, 2.05) is 13.8 Å². The smallest absolute Gasteiger partial charge is 0.223 e. The number of aliphatic hydroxyl groups is 1. The van der Waals surface area contributed by atoms with Gasteiger partial charge in [-0.3, -0.25) is 4.79 Å². The second kappa shape index (κ2) is 7.84. The number of carbonyl (C=O) groups is 1. The van der Waals surface area contributed by atoms with Crippen LogP contribution in [0.25, 0.3) is 0 Å². The molecule has 2 rings (SSSR count). The van der Waals surface area contributed by atoms with Gasteiger partial charge in [0, 0.05) is 25.1 Å². The van der Waals surface area contributed by atoms with Crippen molar-refractivity contribution in [2.45, 2.75) is 32.3 Å². The van der Waals surface area contributed by atoms with E-state index in [1.165, 1.54) is 12.1 Å². The highest BCUT2D eigenvalue weighted by Gasteiger charge is 2.45. The first kappa shape index (κ1) is 17.8. The number of rotatable bonds is 8. The maximum Gasteiger partial charge on any atom is 0.223 e. The number of aliphatic hydroxyl groups excluding tert-OH is 1. The maximum atomic E-state index is 13.7. The van der Waals surface area contributed by atoms with Gasteiger partial charge >= 0.3 is 0 Å². The lowest BCUT2D eigenvalue weighted by Gasteiger charge is -2.13. The van der Waals surface area contributed by atoms with Gasteiger partial charge in [-0.15, -0.1) is 0 Å². The van der Waals surface area contributed by atoms with Crippen LogP contribution >= 0.6 is 0 Å². The van der Waals surface area contributed by atoms with Crippen LogP contribution in [0.15, 0.2) is 18.2 Å².